The second-order valence-corrected chi connectivity index (χ2v) is 5.80. The summed E-state index contributed by atoms with van der Waals surface area (Å²) in [5.41, 5.74) is 0. The standard InChI is InChI=1S/C12H21N3S/c1-3-7-13-9(2)12-15-14-11(16-12)8-10-5-4-6-10/h9-10,13H,3-8H2,1-2H3. The van der Waals surface area contributed by atoms with E-state index in [1.54, 1.807) is 11.3 Å². The largest absolute Gasteiger partial charge is 0.308 e. The molecule has 1 unspecified atom stereocenters. The Bertz CT molecular complexity index is 320. The lowest BCUT2D eigenvalue weighted by Gasteiger charge is -2.23. The van der Waals surface area contributed by atoms with Crippen LogP contribution in [0.3, 0.4) is 0 Å². The Balaban J connectivity index is 1.85. The summed E-state index contributed by atoms with van der Waals surface area (Å²) in [6.07, 6.45) is 6.50. The van der Waals surface area contributed by atoms with Crippen LogP contribution in [-0.4, -0.2) is 16.7 Å². The monoisotopic (exact) mass is 239 g/mol. The fraction of sp³-hybridized carbons (Fsp3) is 0.833. The molecule has 0 aliphatic heterocycles. The zero-order valence-corrected chi connectivity index (χ0v) is 11.0. The van der Waals surface area contributed by atoms with Crippen molar-refractivity contribution in [2.24, 2.45) is 5.92 Å². The molecule has 1 aliphatic carbocycles. The molecule has 0 radical (unpaired) electrons. The van der Waals surface area contributed by atoms with Gasteiger partial charge < -0.3 is 5.32 Å². The van der Waals surface area contributed by atoms with Gasteiger partial charge in [-0.1, -0.05) is 37.5 Å². The number of nitrogens with zero attached hydrogens (tertiary/aromatic N) is 2. The molecule has 4 heteroatoms. The molecule has 0 aromatic carbocycles. The number of rotatable bonds is 6. The van der Waals surface area contributed by atoms with Gasteiger partial charge in [-0.2, -0.15) is 0 Å². The van der Waals surface area contributed by atoms with E-state index in [9.17, 15) is 0 Å². The molecule has 1 N–H and O–H groups in total. The average Bonchev–Trinajstić information content (AvgIpc) is 2.68. The van der Waals surface area contributed by atoms with E-state index in [2.05, 4.69) is 29.4 Å². The third-order valence-electron chi connectivity index (χ3n) is 3.24. The summed E-state index contributed by atoms with van der Waals surface area (Å²) in [6.45, 7) is 5.41. The van der Waals surface area contributed by atoms with Crippen LogP contribution in [0.2, 0.25) is 0 Å². The lowest BCUT2D eigenvalue weighted by atomic mass is 9.83. The van der Waals surface area contributed by atoms with E-state index in [1.165, 1.54) is 24.3 Å². The summed E-state index contributed by atoms with van der Waals surface area (Å²) >= 11 is 1.78. The summed E-state index contributed by atoms with van der Waals surface area (Å²) < 4.78 is 0. The molecule has 0 bridgehead atoms. The number of hydrogen-bond donors (Lipinski definition) is 1. The molecule has 90 valence electrons. The Morgan fingerprint density at radius 2 is 2.25 bits per heavy atom. The normalized spacial score (nSPS) is 18.4. The molecule has 16 heavy (non-hydrogen) atoms. The van der Waals surface area contributed by atoms with Crippen LogP contribution < -0.4 is 5.32 Å². The van der Waals surface area contributed by atoms with Crippen LogP contribution in [0.25, 0.3) is 0 Å². The summed E-state index contributed by atoms with van der Waals surface area (Å²) in [5, 5.41) is 14.4. The maximum Gasteiger partial charge on any atom is 0.134 e. The first-order chi connectivity index (χ1) is 7.79. The van der Waals surface area contributed by atoms with Crippen LogP contribution in [0.1, 0.15) is 55.6 Å². The highest BCUT2D eigenvalue weighted by Gasteiger charge is 2.20. The zero-order chi connectivity index (χ0) is 11.4. The molecular formula is C12H21N3S. The van der Waals surface area contributed by atoms with E-state index in [0.29, 0.717) is 6.04 Å². The molecule has 3 nitrogen and oxygen atoms in total. The Morgan fingerprint density at radius 3 is 2.88 bits per heavy atom. The van der Waals surface area contributed by atoms with E-state index in [0.717, 1.165) is 30.3 Å². The maximum absolute atomic E-state index is 4.30. The van der Waals surface area contributed by atoms with Crippen LogP contribution in [0.4, 0.5) is 0 Å². The van der Waals surface area contributed by atoms with Gasteiger partial charge >= 0.3 is 0 Å². The molecule has 1 saturated carbocycles. The van der Waals surface area contributed by atoms with Crippen molar-refractivity contribution >= 4 is 11.3 Å². The van der Waals surface area contributed by atoms with Gasteiger partial charge in [0, 0.05) is 6.42 Å². The summed E-state index contributed by atoms with van der Waals surface area (Å²) in [7, 11) is 0. The van der Waals surface area contributed by atoms with Crippen molar-refractivity contribution in [3.05, 3.63) is 10.0 Å². The lowest BCUT2D eigenvalue weighted by molar-refractivity contribution is 0.313. The first-order valence-corrected chi connectivity index (χ1v) is 7.17. The van der Waals surface area contributed by atoms with Crippen LogP contribution in [0, 0.1) is 5.92 Å². The smallest absolute Gasteiger partial charge is 0.134 e. The molecule has 1 aromatic heterocycles. The maximum atomic E-state index is 4.30. The van der Waals surface area contributed by atoms with Crippen molar-refractivity contribution in [1.29, 1.82) is 0 Å². The second-order valence-electron chi connectivity index (χ2n) is 4.71. The molecule has 0 saturated heterocycles. The third-order valence-corrected chi connectivity index (χ3v) is 4.37. The van der Waals surface area contributed by atoms with E-state index in [-0.39, 0.29) is 0 Å². The Morgan fingerprint density at radius 1 is 1.44 bits per heavy atom. The van der Waals surface area contributed by atoms with Gasteiger partial charge in [0.2, 0.25) is 0 Å². The summed E-state index contributed by atoms with van der Waals surface area (Å²) in [5.74, 6) is 0.889. The molecule has 1 aliphatic rings. The van der Waals surface area contributed by atoms with E-state index < -0.39 is 0 Å². The van der Waals surface area contributed by atoms with Gasteiger partial charge in [0.05, 0.1) is 6.04 Å². The van der Waals surface area contributed by atoms with Crippen molar-refractivity contribution in [3.8, 4) is 0 Å². The second kappa shape index (κ2) is 5.73. The zero-order valence-electron chi connectivity index (χ0n) is 10.2. The fourth-order valence-electron chi connectivity index (χ4n) is 1.92. The summed E-state index contributed by atoms with van der Waals surface area (Å²) in [6, 6.07) is 0.354. The van der Waals surface area contributed by atoms with Crippen molar-refractivity contribution in [1.82, 2.24) is 15.5 Å². The molecule has 1 aromatic rings. The molecular weight excluding hydrogens is 218 g/mol. The highest BCUT2D eigenvalue weighted by molar-refractivity contribution is 7.11. The Hall–Kier alpha value is -0.480. The van der Waals surface area contributed by atoms with E-state index in [4.69, 9.17) is 0 Å². The van der Waals surface area contributed by atoms with Crippen molar-refractivity contribution in [2.45, 2.75) is 52.0 Å². The van der Waals surface area contributed by atoms with Crippen LogP contribution in [0.5, 0.6) is 0 Å². The van der Waals surface area contributed by atoms with Crippen molar-refractivity contribution in [2.75, 3.05) is 6.54 Å². The SMILES string of the molecule is CCCNC(C)c1nnc(CC2CCC2)s1. The fourth-order valence-corrected chi connectivity index (χ4v) is 2.90. The number of aromatic nitrogens is 2. The molecule has 0 amide bonds. The van der Waals surface area contributed by atoms with Crippen molar-refractivity contribution < 1.29 is 0 Å². The molecule has 1 atom stereocenters. The van der Waals surface area contributed by atoms with Gasteiger partial charge in [-0.05, 0) is 25.8 Å². The van der Waals surface area contributed by atoms with Crippen molar-refractivity contribution in [3.63, 3.8) is 0 Å². The minimum Gasteiger partial charge on any atom is -0.308 e. The van der Waals surface area contributed by atoms with Crippen LogP contribution >= 0.6 is 11.3 Å². The third kappa shape index (κ3) is 3.01. The molecule has 1 heterocycles. The minimum absolute atomic E-state index is 0.354. The molecule has 0 spiro atoms. The van der Waals surface area contributed by atoms with Gasteiger partial charge in [0.25, 0.3) is 0 Å². The topological polar surface area (TPSA) is 37.8 Å². The first-order valence-electron chi connectivity index (χ1n) is 6.35. The van der Waals surface area contributed by atoms with Crippen LogP contribution in [-0.2, 0) is 6.42 Å². The minimum atomic E-state index is 0.354. The van der Waals surface area contributed by atoms with E-state index in [1.807, 2.05) is 0 Å². The summed E-state index contributed by atoms with van der Waals surface area (Å²) in [4.78, 5) is 0. The number of hydrogen-bond acceptors (Lipinski definition) is 4. The highest BCUT2D eigenvalue weighted by Crippen LogP contribution is 2.31. The predicted molar refractivity (Wildman–Crippen MR) is 67.7 cm³/mol. The van der Waals surface area contributed by atoms with E-state index >= 15 is 0 Å². The van der Waals surface area contributed by atoms with Gasteiger partial charge in [-0.25, -0.2) is 0 Å². The van der Waals surface area contributed by atoms with Crippen LogP contribution in [0.15, 0.2) is 0 Å². The molecule has 1 fully saturated rings. The predicted octanol–water partition coefficient (Wildman–Crippen LogP) is 2.94. The van der Waals surface area contributed by atoms with Gasteiger partial charge in [-0.15, -0.1) is 10.2 Å². The highest BCUT2D eigenvalue weighted by atomic mass is 32.1. The Labute approximate surface area is 102 Å². The Kier molecular flexibility index (Phi) is 4.29. The number of nitrogens with one attached hydrogen (secondary N) is 1. The first kappa shape index (κ1) is 12.0. The average molecular weight is 239 g/mol. The van der Waals surface area contributed by atoms with Gasteiger partial charge in [-0.3, -0.25) is 0 Å². The molecule has 2 rings (SSSR count). The van der Waals surface area contributed by atoms with Gasteiger partial charge in [0.1, 0.15) is 10.0 Å². The van der Waals surface area contributed by atoms with Gasteiger partial charge in [0.15, 0.2) is 0 Å². The quantitative estimate of drug-likeness (QED) is 0.829. The lowest BCUT2D eigenvalue weighted by Crippen LogP contribution is -2.19.